The minimum atomic E-state index is -0.584. The minimum absolute atomic E-state index is 0.330. The number of anilines is 1. The molecule has 2 heterocycles. The van der Waals surface area contributed by atoms with Crippen LogP contribution in [0.25, 0.3) is 5.70 Å². The van der Waals surface area contributed by atoms with E-state index in [9.17, 15) is 9.59 Å². The number of carbonyl (C=O) groups excluding carboxylic acids is 2. The molecule has 0 bridgehead atoms. The van der Waals surface area contributed by atoms with Crippen molar-refractivity contribution < 1.29 is 9.59 Å². The van der Waals surface area contributed by atoms with E-state index >= 15 is 0 Å². The molecular weight excluding hydrogens is 448 g/mol. The van der Waals surface area contributed by atoms with Crippen molar-refractivity contribution in [1.29, 1.82) is 0 Å². The van der Waals surface area contributed by atoms with E-state index in [1.165, 1.54) is 21.8 Å². The highest BCUT2D eigenvalue weighted by Gasteiger charge is 2.33. The van der Waals surface area contributed by atoms with Crippen molar-refractivity contribution in [3.63, 3.8) is 0 Å². The zero-order valence-corrected chi connectivity index (χ0v) is 20.9. The maximum atomic E-state index is 12.6. The second-order valence-electron chi connectivity index (χ2n) is 8.96. The first kappa shape index (κ1) is 25.2. The molecule has 3 amide bonds. The predicted octanol–water partition coefficient (Wildman–Crippen LogP) is 4.10. The molecule has 1 fully saturated rings. The normalized spacial score (nSPS) is 16.8. The molecule has 1 aliphatic rings. The summed E-state index contributed by atoms with van der Waals surface area (Å²) in [6.07, 6.45) is 4.65. The number of thiazole rings is 1. The number of aliphatic imine (C=N–C) groups is 1. The highest BCUT2D eigenvalue weighted by atomic mass is 32.1. The number of allylic oxidation sites excluding steroid dienone is 2. The molecular formula is C25H32N6O2S. The van der Waals surface area contributed by atoms with E-state index in [1.807, 2.05) is 6.92 Å². The van der Waals surface area contributed by atoms with E-state index in [4.69, 9.17) is 11.5 Å². The van der Waals surface area contributed by atoms with Gasteiger partial charge in [-0.15, -0.1) is 0 Å². The Bertz CT molecular complexity index is 1150. The smallest absolute Gasteiger partial charge is 0.324 e. The summed E-state index contributed by atoms with van der Waals surface area (Å²) in [5.74, 6) is -0.498. The number of rotatable bonds is 7. The van der Waals surface area contributed by atoms with E-state index in [-0.39, 0.29) is 11.4 Å². The van der Waals surface area contributed by atoms with Crippen molar-refractivity contribution >= 4 is 40.3 Å². The van der Waals surface area contributed by atoms with Gasteiger partial charge in [0.05, 0.1) is 16.3 Å². The van der Waals surface area contributed by atoms with Crippen molar-refractivity contribution in [2.75, 3.05) is 11.9 Å². The van der Waals surface area contributed by atoms with Crippen LogP contribution < -0.4 is 16.8 Å². The summed E-state index contributed by atoms with van der Waals surface area (Å²) in [4.78, 5) is 35.3. The van der Waals surface area contributed by atoms with E-state index < -0.39 is 11.9 Å². The zero-order valence-electron chi connectivity index (χ0n) is 20.1. The molecule has 1 aromatic heterocycles. The number of hydrogen-bond donors (Lipinski definition) is 3. The number of hydrogen-bond acceptors (Lipinski definition) is 6. The average molecular weight is 481 g/mol. The SMILES string of the molecule is C=C(N=C/C=C(\N)c1sc(NC(=O)N2CCC[C@H]2C(N)=O)nc1C)C(C)(C)c1ccc(C)cc1. The maximum Gasteiger partial charge on any atom is 0.324 e. The van der Waals surface area contributed by atoms with Crippen LogP contribution in [0.4, 0.5) is 9.93 Å². The molecule has 8 nitrogen and oxygen atoms in total. The summed E-state index contributed by atoms with van der Waals surface area (Å²) >= 11 is 1.26. The van der Waals surface area contributed by atoms with Crippen LogP contribution in [0.15, 0.2) is 47.6 Å². The first-order valence-electron chi connectivity index (χ1n) is 11.1. The molecule has 180 valence electrons. The van der Waals surface area contributed by atoms with Crippen LogP contribution in [0.2, 0.25) is 0 Å². The lowest BCUT2D eigenvalue weighted by molar-refractivity contribution is -0.121. The van der Waals surface area contributed by atoms with Crippen LogP contribution in [-0.2, 0) is 10.2 Å². The summed E-state index contributed by atoms with van der Waals surface area (Å²) < 4.78 is 0. The summed E-state index contributed by atoms with van der Waals surface area (Å²) in [6, 6.07) is 7.35. The number of nitrogens with zero attached hydrogens (tertiary/aromatic N) is 3. The Morgan fingerprint density at radius 2 is 1.94 bits per heavy atom. The lowest BCUT2D eigenvalue weighted by atomic mass is 9.82. The standard InChI is InChI=1S/C25H32N6O2S/c1-15-8-10-18(11-9-15)25(4,5)17(3)28-13-12-19(26)21-16(2)29-23(34-21)30-24(33)31-14-6-7-20(31)22(27)32/h8-13,20H,3,6-7,14,26H2,1-2,4-5H3,(H2,27,32)(H,29,30,33)/b19-12-,28-13?/t20-/m0/s1. The molecule has 5 N–H and O–H groups in total. The fourth-order valence-corrected chi connectivity index (χ4v) is 4.66. The topological polar surface area (TPSA) is 127 Å². The molecule has 0 aliphatic carbocycles. The Kier molecular flexibility index (Phi) is 7.56. The lowest BCUT2D eigenvalue weighted by Crippen LogP contribution is -2.45. The number of amides is 3. The first-order valence-corrected chi connectivity index (χ1v) is 11.9. The molecule has 0 spiro atoms. The molecule has 9 heteroatoms. The Labute approximate surface area is 204 Å². The monoisotopic (exact) mass is 480 g/mol. The molecule has 0 saturated carbocycles. The van der Waals surface area contributed by atoms with Crippen LogP contribution in [0.1, 0.15) is 48.4 Å². The highest BCUT2D eigenvalue weighted by Crippen LogP contribution is 2.31. The van der Waals surface area contributed by atoms with Crippen LogP contribution in [0, 0.1) is 13.8 Å². The number of benzene rings is 1. The van der Waals surface area contributed by atoms with Crippen molar-refractivity contribution in [1.82, 2.24) is 9.88 Å². The second-order valence-corrected chi connectivity index (χ2v) is 9.95. The van der Waals surface area contributed by atoms with Gasteiger partial charge in [-0.25, -0.2) is 9.78 Å². The number of carbonyl (C=O) groups is 2. The number of aryl methyl sites for hydroxylation is 2. The highest BCUT2D eigenvalue weighted by molar-refractivity contribution is 7.16. The quantitative estimate of drug-likeness (QED) is 0.516. The van der Waals surface area contributed by atoms with Gasteiger partial charge in [0.2, 0.25) is 5.91 Å². The van der Waals surface area contributed by atoms with E-state index in [1.54, 1.807) is 12.3 Å². The molecule has 1 aromatic carbocycles. The molecule has 1 saturated heterocycles. The first-order chi connectivity index (χ1) is 16.0. The fourth-order valence-electron chi connectivity index (χ4n) is 3.77. The van der Waals surface area contributed by atoms with E-state index in [2.05, 4.69) is 66.9 Å². The average Bonchev–Trinajstić information content (AvgIpc) is 3.41. The van der Waals surface area contributed by atoms with E-state index in [0.29, 0.717) is 35.2 Å². The van der Waals surface area contributed by atoms with E-state index in [0.717, 1.165) is 16.9 Å². The Morgan fingerprint density at radius 1 is 1.26 bits per heavy atom. The maximum absolute atomic E-state index is 12.6. The Morgan fingerprint density at radius 3 is 2.59 bits per heavy atom. The number of likely N-dealkylation sites (tertiary alicyclic amines) is 1. The fraction of sp³-hybridized carbons (Fsp3) is 0.360. The molecule has 0 unspecified atom stereocenters. The van der Waals surface area contributed by atoms with Gasteiger partial charge in [0.1, 0.15) is 6.04 Å². The van der Waals surface area contributed by atoms with Crippen LogP contribution in [0.3, 0.4) is 0 Å². The number of nitrogens with two attached hydrogens (primary N) is 2. The third kappa shape index (κ3) is 5.53. The Balaban J connectivity index is 1.68. The number of primary amides is 1. The predicted molar refractivity (Wildman–Crippen MR) is 139 cm³/mol. The second kappa shape index (κ2) is 10.2. The summed E-state index contributed by atoms with van der Waals surface area (Å²) in [6.45, 7) is 12.7. The van der Waals surface area contributed by atoms with Gasteiger partial charge in [-0.05, 0) is 38.3 Å². The van der Waals surface area contributed by atoms with Gasteiger partial charge in [0.15, 0.2) is 5.13 Å². The van der Waals surface area contributed by atoms with Crippen LogP contribution in [0.5, 0.6) is 0 Å². The minimum Gasteiger partial charge on any atom is -0.397 e. The molecule has 3 rings (SSSR count). The van der Waals surface area contributed by atoms with Gasteiger partial charge in [0.25, 0.3) is 0 Å². The van der Waals surface area contributed by atoms with Crippen LogP contribution >= 0.6 is 11.3 Å². The number of urea groups is 1. The third-order valence-electron chi connectivity index (χ3n) is 6.09. The van der Waals surface area contributed by atoms with Gasteiger partial charge in [-0.1, -0.05) is 61.6 Å². The largest absolute Gasteiger partial charge is 0.397 e. The van der Waals surface area contributed by atoms with Gasteiger partial charge >= 0.3 is 6.03 Å². The zero-order chi connectivity index (χ0) is 25.0. The van der Waals surface area contributed by atoms with Gasteiger partial charge < -0.3 is 16.4 Å². The van der Waals surface area contributed by atoms with Crippen molar-refractivity contribution in [3.05, 3.63) is 64.3 Å². The molecule has 34 heavy (non-hydrogen) atoms. The van der Waals surface area contributed by atoms with Crippen molar-refractivity contribution in [2.24, 2.45) is 16.5 Å². The molecule has 0 radical (unpaired) electrons. The van der Waals surface area contributed by atoms with Gasteiger partial charge in [0, 0.05) is 23.9 Å². The Hall–Kier alpha value is -3.46. The van der Waals surface area contributed by atoms with Crippen LogP contribution in [-0.4, -0.2) is 40.6 Å². The van der Waals surface area contributed by atoms with Gasteiger partial charge in [-0.2, -0.15) is 0 Å². The summed E-state index contributed by atoms with van der Waals surface area (Å²) in [5, 5.41) is 3.17. The van der Waals surface area contributed by atoms with Gasteiger partial charge in [-0.3, -0.25) is 15.1 Å². The molecule has 1 aliphatic heterocycles. The summed E-state index contributed by atoms with van der Waals surface area (Å²) in [5.41, 5.74) is 15.6. The van der Waals surface area contributed by atoms with Crippen molar-refractivity contribution in [2.45, 2.75) is 52.0 Å². The summed E-state index contributed by atoms with van der Waals surface area (Å²) in [7, 11) is 0. The lowest BCUT2D eigenvalue weighted by Gasteiger charge is -2.25. The number of nitrogens with one attached hydrogen (secondary N) is 1. The molecule has 2 aromatic rings. The molecule has 1 atom stereocenters. The van der Waals surface area contributed by atoms with Crippen molar-refractivity contribution in [3.8, 4) is 0 Å². The number of aromatic nitrogens is 1. The third-order valence-corrected chi connectivity index (χ3v) is 7.22.